The van der Waals surface area contributed by atoms with Gasteiger partial charge in [0.05, 0.1) is 24.4 Å². The van der Waals surface area contributed by atoms with Crippen LogP contribution in [0.15, 0.2) is 53.3 Å². The smallest absolute Gasteiger partial charge is 0.307 e. The number of H-pyrrole nitrogens is 1. The Morgan fingerprint density at radius 3 is 2.59 bits per heavy atom. The van der Waals surface area contributed by atoms with Crippen LogP contribution in [0.4, 0.5) is 5.69 Å². The number of para-hydroxylation sites is 1. The quantitative estimate of drug-likeness (QED) is 0.595. The number of aromatic nitrogens is 2. The van der Waals surface area contributed by atoms with Gasteiger partial charge in [0, 0.05) is 12.1 Å². The molecule has 2 N–H and O–H groups in total. The van der Waals surface area contributed by atoms with Gasteiger partial charge in [-0.15, -0.1) is 0 Å². The van der Waals surface area contributed by atoms with E-state index in [1.807, 2.05) is 0 Å². The second-order valence-electron chi connectivity index (χ2n) is 6.38. The number of esters is 1. The van der Waals surface area contributed by atoms with Gasteiger partial charge >= 0.3 is 5.97 Å². The predicted molar refractivity (Wildman–Crippen MR) is 108 cm³/mol. The predicted octanol–water partition coefficient (Wildman–Crippen LogP) is 2.43. The maximum atomic E-state index is 12.2. The molecule has 8 heteroatoms. The molecule has 0 fully saturated rings. The average molecular weight is 395 g/mol. The third-order valence-corrected chi connectivity index (χ3v) is 4.26. The van der Waals surface area contributed by atoms with Gasteiger partial charge in [0.25, 0.3) is 11.5 Å². The summed E-state index contributed by atoms with van der Waals surface area (Å²) in [6.07, 6.45) is -0.777. The molecule has 1 atom stereocenters. The Kier molecular flexibility index (Phi) is 6.23. The fourth-order valence-electron chi connectivity index (χ4n) is 2.70. The molecule has 8 nitrogen and oxygen atoms in total. The second-order valence-corrected chi connectivity index (χ2v) is 6.38. The van der Waals surface area contributed by atoms with Crippen LogP contribution in [0.3, 0.4) is 0 Å². The Hall–Kier alpha value is -3.68. The van der Waals surface area contributed by atoms with Gasteiger partial charge in [-0.25, -0.2) is 4.98 Å². The molecule has 2 aromatic carbocycles. The minimum atomic E-state index is -0.965. The summed E-state index contributed by atoms with van der Waals surface area (Å²) in [6.45, 7) is 1.49. The standard InChI is InChI=1S/C21H21N3O5/c1-13(20(26)22-14-7-9-15(28-2)10-8-14)29-19(25)12-11-18-23-17-6-4-3-5-16(17)21(27)24-18/h3-10,13H,11-12H2,1-2H3,(H,22,26)(H,23,24,27)/t13-/m0/s1. The van der Waals surface area contributed by atoms with E-state index < -0.39 is 18.0 Å². The molecular formula is C21H21N3O5. The van der Waals surface area contributed by atoms with E-state index >= 15 is 0 Å². The summed E-state index contributed by atoms with van der Waals surface area (Å²) >= 11 is 0. The molecule has 0 saturated heterocycles. The molecular weight excluding hydrogens is 374 g/mol. The van der Waals surface area contributed by atoms with Gasteiger partial charge in [-0.1, -0.05) is 12.1 Å². The van der Waals surface area contributed by atoms with Crippen molar-refractivity contribution < 1.29 is 19.1 Å². The highest BCUT2D eigenvalue weighted by Crippen LogP contribution is 2.15. The van der Waals surface area contributed by atoms with Crippen molar-refractivity contribution >= 4 is 28.5 Å². The van der Waals surface area contributed by atoms with Gasteiger partial charge in [0.15, 0.2) is 6.10 Å². The monoisotopic (exact) mass is 395 g/mol. The molecule has 0 unspecified atom stereocenters. The summed E-state index contributed by atoms with van der Waals surface area (Å²) in [5, 5.41) is 3.16. The van der Waals surface area contributed by atoms with Crippen molar-refractivity contribution in [1.29, 1.82) is 0 Å². The molecule has 0 aliphatic carbocycles. The number of benzene rings is 2. The zero-order valence-electron chi connectivity index (χ0n) is 16.1. The summed E-state index contributed by atoms with van der Waals surface area (Å²) in [5.41, 5.74) is 0.870. The van der Waals surface area contributed by atoms with Crippen LogP contribution in [0, 0.1) is 0 Å². The maximum Gasteiger partial charge on any atom is 0.307 e. The van der Waals surface area contributed by atoms with Crippen molar-refractivity contribution in [3.63, 3.8) is 0 Å². The van der Waals surface area contributed by atoms with Gasteiger partial charge in [-0.2, -0.15) is 0 Å². The molecule has 0 aliphatic heterocycles. The zero-order valence-corrected chi connectivity index (χ0v) is 16.1. The van der Waals surface area contributed by atoms with Crippen LogP contribution in [-0.2, 0) is 20.7 Å². The van der Waals surface area contributed by atoms with E-state index in [-0.39, 0.29) is 18.4 Å². The number of carbonyl (C=O) groups is 2. The molecule has 0 bridgehead atoms. The van der Waals surface area contributed by atoms with Crippen LogP contribution in [0.2, 0.25) is 0 Å². The van der Waals surface area contributed by atoms with E-state index in [0.717, 1.165) is 0 Å². The molecule has 150 valence electrons. The minimum absolute atomic E-state index is 0.0125. The molecule has 0 radical (unpaired) electrons. The van der Waals surface area contributed by atoms with Gasteiger partial charge < -0.3 is 19.8 Å². The van der Waals surface area contributed by atoms with Crippen molar-refractivity contribution in [2.75, 3.05) is 12.4 Å². The Morgan fingerprint density at radius 2 is 1.86 bits per heavy atom. The van der Waals surface area contributed by atoms with E-state index in [4.69, 9.17) is 9.47 Å². The zero-order chi connectivity index (χ0) is 20.8. The number of anilines is 1. The van der Waals surface area contributed by atoms with Gasteiger partial charge in [-0.3, -0.25) is 14.4 Å². The van der Waals surface area contributed by atoms with Crippen LogP contribution in [0.5, 0.6) is 5.75 Å². The summed E-state index contributed by atoms with van der Waals surface area (Å²) < 4.78 is 10.2. The molecule has 1 amide bonds. The lowest BCUT2D eigenvalue weighted by Gasteiger charge is -2.13. The van der Waals surface area contributed by atoms with E-state index in [9.17, 15) is 14.4 Å². The number of ether oxygens (including phenoxy) is 2. The van der Waals surface area contributed by atoms with E-state index in [1.165, 1.54) is 6.92 Å². The number of hydrogen-bond acceptors (Lipinski definition) is 6. The number of aryl methyl sites for hydroxylation is 1. The number of methoxy groups -OCH3 is 1. The normalized spacial score (nSPS) is 11.7. The van der Waals surface area contributed by atoms with Crippen LogP contribution in [-0.4, -0.2) is 35.1 Å². The molecule has 3 rings (SSSR count). The third-order valence-electron chi connectivity index (χ3n) is 4.26. The van der Waals surface area contributed by atoms with Gasteiger partial charge in [0.1, 0.15) is 11.6 Å². The molecule has 1 aromatic heterocycles. The van der Waals surface area contributed by atoms with Crippen LogP contribution in [0.25, 0.3) is 10.9 Å². The van der Waals surface area contributed by atoms with Crippen molar-refractivity contribution in [2.24, 2.45) is 0 Å². The van der Waals surface area contributed by atoms with Gasteiger partial charge in [0.2, 0.25) is 0 Å². The van der Waals surface area contributed by atoms with Crippen molar-refractivity contribution in [3.05, 3.63) is 64.7 Å². The summed E-state index contributed by atoms with van der Waals surface area (Å²) in [5.74, 6) is 0.0581. The van der Waals surface area contributed by atoms with Gasteiger partial charge in [-0.05, 0) is 43.3 Å². The maximum absolute atomic E-state index is 12.2. The lowest BCUT2D eigenvalue weighted by Crippen LogP contribution is -2.30. The van der Waals surface area contributed by atoms with Crippen molar-refractivity contribution in [2.45, 2.75) is 25.9 Å². The Bertz CT molecular complexity index is 1080. The number of amides is 1. The van der Waals surface area contributed by atoms with E-state index in [2.05, 4.69) is 15.3 Å². The molecule has 3 aromatic rings. The third kappa shape index (κ3) is 5.19. The SMILES string of the molecule is COc1ccc(NC(=O)[C@H](C)OC(=O)CCc2nc3ccccc3c(=O)[nH]2)cc1. The lowest BCUT2D eigenvalue weighted by atomic mass is 10.2. The number of aromatic amines is 1. The lowest BCUT2D eigenvalue weighted by molar-refractivity contribution is -0.153. The Morgan fingerprint density at radius 1 is 1.14 bits per heavy atom. The summed E-state index contributed by atoms with van der Waals surface area (Å²) in [4.78, 5) is 43.3. The highest BCUT2D eigenvalue weighted by molar-refractivity contribution is 5.95. The van der Waals surface area contributed by atoms with E-state index in [0.29, 0.717) is 28.2 Å². The number of nitrogens with zero attached hydrogens (tertiary/aromatic N) is 1. The van der Waals surface area contributed by atoms with Crippen molar-refractivity contribution in [3.8, 4) is 5.75 Å². The van der Waals surface area contributed by atoms with Crippen LogP contribution < -0.4 is 15.6 Å². The topological polar surface area (TPSA) is 110 Å². The second kappa shape index (κ2) is 9.01. The highest BCUT2D eigenvalue weighted by Gasteiger charge is 2.18. The highest BCUT2D eigenvalue weighted by atomic mass is 16.5. The Balaban J connectivity index is 1.53. The summed E-state index contributed by atoms with van der Waals surface area (Å²) in [7, 11) is 1.55. The largest absolute Gasteiger partial charge is 0.497 e. The van der Waals surface area contributed by atoms with E-state index in [1.54, 1.807) is 55.6 Å². The average Bonchev–Trinajstić information content (AvgIpc) is 2.73. The first kappa shape index (κ1) is 20.1. The van der Waals surface area contributed by atoms with Crippen molar-refractivity contribution in [1.82, 2.24) is 9.97 Å². The molecule has 29 heavy (non-hydrogen) atoms. The fourth-order valence-corrected chi connectivity index (χ4v) is 2.70. The number of carbonyl (C=O) groups excluding carboxylic acids is 2. The number of hydrogen-bond donors (Lipinski definition) is 2. The van der Waals surface area contributed by atoms with Crippen LogP contribution in [0.1, 0.15) is 19.2 Å². The first-order chi connectivity index (χ1) is 14.0. The number of rotatable bonds is 7. The molecule has 0 aliphatic rings. The Labute approximate surface area is 166 Å². The number of fused-ring (bicyclic) bond motifs is 1. The number of nitrogens with one attached hydrogen (secondary N) is 2. The molecule has 0 spiro atoms. The molecule has 1 heterocycles. The molecule has 0 saturated carbocycles. The summed E-state index contributed by atoms with van der Waals surface area (Å²) in [6, 6.07) is 13.8. The first-order valence-corrected chi connectivity index (χ1v) is 9.08. The fraction of sp³-hybridized carbons (Fsp3) is 0.238. The minimum Gasteiger partial charge on any atom is -0.497 e. The van der Waals surface area contributed by atoms with Crippen LogP contribution >= 0.6 is 0 Å². The first-order valence-electron chi connectivity index (χ1n) is 9.08.